The van der Waals surface area contributed by atoms with Crippen molar-refractivity contribution in [1.29, 1.82) is 0 Å². The average Bonchev–Trinajstić information content (AvgIpc) is 2.63. The molecule has 138 valence electrons. The van der Waals surface area contributed by atoms with Gasteiger partial charge in [-0.15, -0.1) is 0 Å². The van der Waals surface area contributed by atoms with Crippen molar-refractivity contribution in [2.45, 2.75) is 25.8 Å². The standard InChI is InChI=1S/C19H30N4O2/c1-15-12-17(20-14-24)19(25-3)13-18(15)23-6-4-16(5-7-23)22-10-8-21(2)9-11-22/h12-14,16H,4-11H2,1-3H3,(H,20,24). The monoisotopic (exact) mass is 346 g/mol. The van der Waals surface area contributed by atoms with Crippen LogP contribution in [0.15, 0.2) is 12.1 Å². The number of anilines is 2. The highest BCUT2D eigenvalue weighted by atomic mass is 16.5. The first kappa shape index (κ1) is 18.0. The molecule has 1 aromatic rings. The Morgan fingerprint density at radius 1 is 1.12 bits per heavy atom. The fraction of sp³-hybridized carbons (Fsp3) is 0.632. The van der Waals surface area contributed by atoms with E-state index >= 15 is 0 Å². The largest absolute Gasteiger partial charge is 0.494 e. The number of rotatable bonds is 5. The first-order chi connectivity index (χ1) is 12.1. The Morgan fingerprint density at radius 2 is 1.80 bits per heavy atom. The van der Waals surface area contributed by atoms with E-state index in [9.17, 15) is 4.79 Å². The molecule has 25 heavy (non-hydrogen) atoms. The molecule has 2 heterocycles. The van der Waals surface area contributed by atoms with Crippen LogP contribution in [0, 0.1) is 6.92 Å². The van der Waals surface area contributed by atoms with Crippen molar-refractivity contribution in [3.05, 3.63) is 17.7 Å². The Morgan fingerprint density at radius 3 is 2.40 bits per heavy atom. The number of aryl methyl sites for hydroxylation is 1. The summed E-state index contributed by atoms with van der Waals surface area (Å²) in [5.74, 6) is 0.717. The molecule has 0 aliphatic carbocycles. The van der Waals surface area contributed by atoms with E-state index in [-0.39, 0.29) is 0 Å². The van der Waals surface area contributed by atoms with Gasteiger partial charge in [0.2, 0.25) is 6.41 Å². The smallest absolute Gasteiger partial charge is 0.211 e. The first-order valence-corrected chi connectivity index (χ1v) is 9.18. The molecule has 1 N–H and O–H groups in total. The molecule has 0 unspecified atom stereocenters. The van der Waals surface area contributed by atoms with Crippen molar-refractivity contribution in [2.75, 3.05) is 63.6 Å². The third-order valence-corrected chi connectivity index (χ3v) is 5.59. The second kappa shape index (κ2) is 8.06. The zero-order valence-corrected chi connectivity index (χ0v) is 15.6. The van der Waals surface area contributed by atoms with Crippen molar-refractivity contribution in [3.63, 3.8) is 0 Å². The van der Waals surface area contributed by atoms with Crippen LogP contribution in [0.3, 0.4) is 0 Å². The van der Waals surface area contributed by atoms with Gasteiger partial charge in [-0.25, -0.2) is 0 Å². The fourth-order valence-corrected chi connectivity index (χ4v) is 4.02. The van der Waals surface area contributed by atoms with E-state index in [4.69, 9.17) is 4.74 Å². The number of ether oxygens (including phenoxy) is 1. The molecule has 6 nitrogen and oxygen atoms in total. The number of piperazine rings is 1. The van der Waals surface area contributed by atoms with Crippen LogP contribution in [0.25, 0.3) is 0 Å². The fourth-order valence-electron chi connectivity index (χ4n) is 4.02. The molecule has 1 amide bonds. The van der Waals surface area contributed by atoms with Crippen molar-refractivity contribution in [1.82, 2.24) is 9.80 Å². The molecule has 0 aromatic heterocycles. The van der Waals surface area contributed by atoms with Crippen LogP contribution in [0.5, 0.6) is 5.75 Å². The third-order valence-electron chi connectivity index (χ3n) is 5.59. The quantitative estimate of drug-likeness (QED) is 0.824. The molecule has 0 spiro atoms. The minimum absolute atomic E-state index is 0.693. The maximum Gasteiger partial charge on any atom is 0.211 e. The van der Waals surface area contributed by atoms with Gasteiger partial charge in [-0.05, 0) is 38.4 Å². The number of methoxy groups -OCH3 is 1. The van der Waals surface area contributed by atoms with E-state index in [1.54, 1.807) is 7.11 Å². The van der Waals surface area contributed by atoms with Crippen molar-refractivity contribution < 1.29 is 9.53 Å². The SMILES string of the molecule is COc1cc(N2CCC(N3CCN(C)CC3)CC2)c(C)cc1NC=O. The molecule has 2 aliphatic rings. The second-order valence-electron chi connectivity index (χ2n) is 7.16. The van der Waals surface area contributed by atoms with Crippen LogP contribution >= 0.6 is 0 Å². The maximum absolute atomic E-state index is 10.8. The van der Waals surface area contributed by atoms with Crippen molar-refractivity contribution in [2.24, 2.45) is 0 Å². The molecule has 2 fully saturated rings. The van der Waals surface area contributed by atoms with Gasteiger partial charge in [0.1, 0.15) is 5.75 Å². The number of piperidine rings is 1. The number of amides is 1. The Kier molecular flexibility index (Phi) is 5.81. The summed E-state index contributed by atoms with van der Waals surface area (Å²) in [5.41, 5.74) is 3.11. The van der Waals surface area contributed by atoms with Gasteiger partial charge in [-0.3, -0.25) is 9.69 Å². The van der Waals surface area contributed by atoms with Gasteiger partial charge in [0.25, 0.3) is 0 Å². The summed E-state index contributed by atoms with van der Waals surface area (Å²) >= 11 is 0. The van der Waals surface area contributed by atoms with Crippen LogP contribution in [-0.4, -0.2) is 75.7 Å². The van der Waals surface area contributed by atoms with Gasteiger partial charge < -0.3 is 19.9 Å². The minimum atomic E-state index is 0.693. The summed E-state index contributed by atoms with van der Waals surface area (Å²) in [5, 5.41) is 2.72. The number of carbonyl (C=O) groups is 1. The zero-order chi connectivity index (χ0) is 17.8. The number of nitrogens with zero attached hydrogens (tertiary/aromatic N) is 3. The van der Waals surface area contributed by atoms with E-state index in [2.05, 4.69) is 40.1 Å². The van der Waals surface area contributed by atoms with Crippen LogP contribution in [0.4, 0.5) is 11.4 Å². The molecular weight excluding hydrogens is 316 g/mol. The summed E-state index contributed by atoms with van der Waals surface area (Å²) in [4.78, 5) is 18.3. The minimum Gasteiger partial charge on any atom is -0.494 e. The zero-order valence-electron chi connectivity index (χ0n) is 15.6. The van der Waals surface area contributed by atoms with Crippen LogP contribution in [0.1, 0.15) is 18.4 Å². The highest BCUT2D eigenvalue weighted by Gasteiger charge is 2.27. The third kappa shape index (κ3) is 4.07. The predicted octanol–water partition coefficient (Wildman–Crippen LogP) is 1.79. The number of nitrogens with one attached hydrogen (secondary N) is 1. The van der Waals surface area contributed by atoms with Gasteiger partial charge in [0.15, 0.2) is 0 Å². The lowest BCUT2D eigenvalue weighted by Gasteiger charge is -2.43. The highest BCUT2D eigenvalue weighted by Crippen LogP contribution is 2.34. The van der Waals surface area contributed by atoms with Crippen LogP contribution in [0.2, 0.25) is 0 Å². The first-order valence-electron chi connectivity index (χ1n) is 9.18. The van der Waals surface area contributed by atoms with E-state index in [0.717, 1.165) is 18.8 Å². The normalized spacial score (nSPS) is 20.5. The van der Waals surface area contributed by atoms with E-state index in [1.807, 2.05) is 6.07 Å². The maximum atomic E-state index is 10.8. The van der Waals surface area contributed by atoms with Gasteiger partial charge in [0, 0.05) is 57.1 Å². The summed E-state index contributed by atoms with van der Waals surface area (Å²) in [6, 6.07) is 4.76. The van der Waals surface area contributed by atoms with Crippen LogP contribution in [-0.2, 0) is 4.79 Å². The predicted molar refractivity (Wildman–Crippen MR) is 102 cm³/mol. The Balaban J connectivity index is 1.65. The lowest BCUT2D eigenvalue weighted by Crippen LogP contribution is -2.52. The number of likely N-dealkylation sites (N-methyl/N-ethyl adjacent to an activating group) is 1. The molecule has 3 rings (SSSR count). The van der Waals surface area contributed by atoms with Gasteiger partial charge in [0.05, 0.1) is 12.8 Å². The molecule has 0 radical (unpaired) electrons. The van der Waals surface area contributed by atoms with Crippen LogP contribution < -0.4 is 15.0 Å². The van der Waals surface area contributed by atoms with Gasteiger partial charge >= 0.3 is 0 Å². The molecule has 0 saturated carbocycles. The lowest BCUT2D eigenvalue weighted by molar-refractivity contribution is -0.105. The van der Waals surface area contributed by atoms with Gasteiger partial charge in [-0.2, -0.15) is 0 Å². The number of hydrogen-bond donors (Lipinski definition) is 1. The number of hydrogen-bond acceptors (Lipinski definition) is 5. The topological polar surface area (TPSA) is 48.1 Å². The molecule has 2 aliphatic heterocycles. The lowest BCUT2D eigenvalue weighted by atomic mass is 10.0. The molecule has 6 heteroatoms. The highest BCUT2D eigenvalue weighted by molar-refractivity contribution is 5.78. The average molecular weight is 346 g/mol. The number of benzene rings is 1. The number of carbonyl (C=O) groups excluding carboxylic acids is 1. The summed E-state index contributed by atoms with van der Waals surface area (Å²) in [6.45, 7) is 8.99. The Bertz CT molecular complexity index is 591. The second-order valence-corrected chi connectivity index (χ2v) is 7.16. The van der Waals surface area contributed by atoms with Crippen molar-refractivity contribution >= 4 is 17.8 Å². The Hall–Kier alpha value is -1.79. The summed E-state index contributed by atoms with van der Waals surface area (Å²) < 4.78 is 5.45. The van der Waals surface area contributed by atoms with Crippen molar-refractivity contribution in [3.8, 4) is 5.75 Å². The van der Waals surface area contributed by atoms with E-state index in [1.165, 1.54) is 50.3 Å². The molecule has 1 aromatic carbocycles. The summed E-state index contributed by atoms with van der Waals surface area (Å²) in [6.07, 6.45) is 3.11. The summed E-state index contributed by atoms with van der Waals surface area (Å²) in [7, 11) is 3.85. The van der Waals surface area contributed by atoms with E-state index in [0.29, 0.717) is 18.2 Å². The Labute approximate surface area is 150 Å². The molecule has 0 bridgehead atoms. The van der Waals surface area contributed by atoms with Gasteiger partial charge in [-0.1, -0.05) is 0 Å². The molecule has 2 saturated heterocycles. The molecular formula is C19H30N4O2. The molecule has 0 atom stereocenters. The van der Waals surface area contributed by atoms with E-state index < -0.39 is 0 Å².